The largest absolute Gasteiger partial charge is 0.496 e. The summed E-state index contributed by atoms with van der Waals surface area (Å²) in [4.78, 5) is 51.2. The topological polar surface area (TPSA) is 117 Å². The van der Waals surface area contributed by atoms with Gasteiger partial charge in [0.25, 0.3) is 11.8 Å². The quantitative estimate of drug-likeness (QED) is 0.484. The van der Waals surface area contributed by atoms with Crippen LogP contribution in [0.25, 0.3) is 11.3 Å². The van der Waals surface area contributed by atoms with E-state index in [1.807, 2.05) is 0 Å². The molecular formula is C28H28F2N6O5. The van der Waals surface area contributed by atoms with Crippen LogP contribution < -0.4 is 19.7 Å². The van der Waals surface area contributed by atoms with Gasteiger partial charge in [-0.05, 0) is 31.2 Å². The second kappa shape index (κ2) is 11.4. The Morgan fingerprint density at radius 1 is 1.10 bits per heavy atom. The molecule has 0 radical (unpaired) electrons. The molecule has 3 heterocycles. The number of likely N-dealkylation sites (N-methyl/N-ethyl adjacent to an activating group) is 1. The van der Waals surface area contributed by atoms with E-state index in [1.165, 1.54) is 31.1 Å². The van der Waals surface area contributed by atoms with Crippen molar-refractivity contribution in [3.8, 4) is 22.8 Å². The lowest BCUT2D eigenvalue weighted by Crippen LogP contribution is -2.50. The predicted molar refractivity (Wildman–Crippen MR) is 145 cm³/mol. The molecule has 2 aliphatic heterocycles. The molecule has 0 saturated carbocycles. The maximum absolute atomic E-state index is 14.8. The summed E-state index contributed by atoms with van der Waals surface area (Å²) < 4.78 is 39.5. The molecule has 0 atom stereocenters. The number of nitrogens with zero attached hydrogens (tertiary/aromatic N) is 5. The van der Waals surface area contributed by atoms with Crippen LogP contribution in [-0.2, 0) is 9.59 Å². The minimum atomic E-state index is -0.748. The third kappa shape index (κ3) is 5.47. The number of ether oxygens (including phenoxy) is 2. The molecule has 2 aromatic carbocycles. The molecule has 3 amide bonds. The minimum absolute atomic E-state index is 0.00713. The van der Waals surface area contributed by atoms with E-state index in [4.69, 9.17) is 9.47 Å². The normalized spacial score (nSPS) is 14.9. The van der Waals surface area contributed by atoms with Crippen LogP contribution in [0.15, 0.2) is 36.5 Å². The second-order valence-electron chi connectivity index (χ2n) is 9.46. The zero-order chi connectivity index (χ0) is 29.3. The number of amides is 3. The van der Waals surface area contributed by atoms with Crippen molar-refractivity contribution in [1.82, 2.24) is 19.8 Å². The number of methoxy groups -OCH3 is 1. The third-order valence-electron chi connectivity index (χ3n) is 6.98. The van der Waals surface area contributed by atoms with E-state index in [2.05, 4.69) is 15.3 Å². The highest BCUT2D eigenvalue weighted by Gasteiger charge is 2.32. The van der Waals surface area contributed by atoms with Crippen molar-refractivity contribution in [1.29, 1.82) is 0 Å². The van der Waals surface area contributed by atoms with Gasteiger partial charge in [0.1, 0.15) is 17.3 Å². The highest BCUT2D eigenvalue weighted by Crippen LogP contribution is 2.40. The lowest BCUT2D eigenvalue weighted by atomic mass is 10.1. The minimum Gasteiger partial charge on any atom is -0.496 e. The number of hydrogen-bond acceptors (Lipinski definition) is 8. The molecule has 3 aromatic rings. The molecule has 13 heteroatoms. The first-order valence-electron chi connectivity index (χ1n) is 13.0. The van der Waals surface area contributed by atoms with E-state index in [1.54, 1.807) is 28.9 Å². The number of halogens is 2. The van der Waals surface area contributed by atoms with Gasteiger partial charge < -0.3 is 29.5 Å². The average molecular weight is 567 g/mol. The monoisotopic (exact) mass is 566 g/mol. The Hall–Kier alpha value is -4.81. The number of piperazine rings is 1. The molecule has 0 spiro atoms. The number of carbonyl (C=O) groups is 3. The van der Waals surface area contributed by atoms with Crippen LogP contribution in [0, 0.1) is 11.6 Å². The second-order valence-corrected chi connectivity index (χ2v) is 9.46. The molecule has 5 rings (SSSR count). The Labute approximate surface area is 234 Å². The van der Waals surface area contributed by atoms with Crippen LogP contribution in [0.5, 0.6) is 11.5 Å². The molecular weight excluding hydrogens is 538 g/mol. The molecule has 1 aromatic heterocycles. The number of hydrogen-bond donors (Lipinski definition) is 1. The number of carbonyl (C=O) groups excluding carboxylic acids is 3. The summed E-state index contributed by atoms with van der Waals surface area (Å²) in [6.07, 6.45) is 0.970. The van der Waals surface area contributed by atoms with Gasteiger partial charge >= 0.3 is 0 Å². The molecule has 1 saturated heterocycles. The molecule has 1 fully saturated rings. The standard InChI is InChI=1S/C28H28F2N6O5/c1-4-36-22-13-18(32-28-31-14-21(30)25(33-28)19-6-5-17(29)11-23(19)40-3)12-20(26(22)41-15-24(36)38)27(39)35-9-7-34(8-10-35)16(2)37/h5-6,11-14H,4,7-10,15H2,1-3H3,(H,31,32,33). The Bertz CT molecular complexity index is 1530. The van der Waals surface area contributed by atoms with Gasteiger partial charge in [0.2, 0.25) is 11.9 Å². The van der Waals surface area contributed by atoms with Gasteiger partial charge in [0, 0.05) is 57.0 Å². The van der Waals surface area contributed by atoms with Crippen molar-refractivity contribution in [2.75, 3.05) is 56.7 Å². The first-order chi connectivity index (χ1) is 19.7. The summed E-state index contributed by atoms with van der Waals surface area (Å²) in [5.41, 5.74) is 1.07. The first-order valence-corrected chi connectivity index (χ1v) is 13.0. The molecule has 0 aliphatic carbocycles. The third-order valence-corrected chi connectivity index (χ3v) is 6.98. The zero-order valence-electron chi connectivity index (χ0n) is 22.7. The summed E-state index contributed by atoms with van der Waals surface area (Å²) >= 11 is 0. The van der Waals surface area contributed by atoms with Crippen molar-refractivity contribution >= 4 is 35.0 Å². The molecule has 214 valence electrons. The Morgan fingerprint density at radius 3 is 2.51 bits per heavy atom. The molecule has 41 heavy (non-hydrogen) atoms. The fourth-order valence-corrected chi connectivity index (χ4v) is 4.89. The number of rotatable bonds is 6. The van der Waals surface area contributed by atoms with Gasteiger partial charge in [-0.3, -0.25) is 14.4 Å². The Morgan fingerprint density at radius 2 is 1.83 bits per heavy atom. The lowest BCUT2D eigenvalue weighted by Gasteiger charge is -2.35. The molecule has 2 aliphatic rings. The van der Waals surface area contributed by atoms with E-state index in [0.717, 1.165) is 12.3 Å². The van der Waals surface area contributed by atoms with E-state index in [-0.39, 0.29) is 58.6 Å². The molecule has 11 nitrogen and oxygen atoms in total. The Balaban J connectivity index is 1.52. The van der Waals surface area contributed by atoms with Gasteiger partial charge in [-0.25, -0.2) is 18.7 Å². The summed E-state index contributed by atoms with van der Waals surface area (Å²) in [6, 6.07) is 6.84. The zero-order valence-corrected chi connectivity index (χ0v) is 22.7. The summed E-state index contributed by atoms with van der Waals surface area (Å²) in [6.45, 7) is 4.90. The van der Waals surface area contributed by atoms with Crippen LogP contribution >= 0.6 is 0 Å². The van der Waals surface area contributed by atoms with Gasteiger partial charge in [0.15, 0.2) is 18.2 Å². The van der Waals surface area contributed by atoms with Crippen LogP contribution in [0.2, 0.25) is 0 Å². The van der Waals surface area contributed by atoms with Crippen LogP contribution in [0.4, 0.5) is 26.1 Å². The fourth-order valence-electron chi connectivity index (χ4n) is 4.89. The maximum Gasteiger partial charge on any atom is 0.265 e. The number of fused-ring (bicyclic) bond motifs is 1. The van der Waals surface area contributed by atoms with Crippen molar-refractivity contribution in [3.05, 3.63) is 53.7 Å². The maximum atomic E-state index is 14.8. The van der Waals surface area contributed by atoms with Crippen molar-refractivity contribution in [3.63, 3.8) is 0 Å². The summed E-state index contributed by atoms with van der Waals surface area (Å²) in [5.74, 6) is -1.59. The average Bonchev–Trinajstić information content (AvgIpc) is 2.97. The van der Waals surface area contributed by atoms with E-state index in [0.29, 0.717) is 44.1 Å². The van der Waals surface area contributed by atoms with Gasteiger partial charge in [-0.15, -0.1) is 0 Å². The summed E-state index contributed by atoms with van der Waals surface area (Å²) in [5, 5.41) is 3.00. The molecule has 1 N–H and O–H groups in total. The number of aromatic nitrogens is 2. The molecule has 0 unspecified atom stereocenters. The predicted octanol–water partition coefficient (Wildman–Crippen LogP) is 3.22. The lowest BCUT2D eigenvalue weighted by molar-refractivity contribution is -0.130. The van der Waals surface area contributed by atoms with Crippen molar-refractivity contribution in [2.24, 2.45) is 0 Å². The highest BCUT2D eigenvalue weighted by atomic mass is 19.1. The van der Waals surface area contributed by atoms with E-state index >= 15 is 0 Å². The number of benzene rings is 2. The fraction of sp³-hybridized carbons (Fsp3) is 0.321. The van der Waals surface area contributed by atoms with Crippen molar-refractivity contribution < 1.29 is 32.6 Å². The van der Waals surface area contributed by atoms with Crippen molar-refractivity contribution in [2.45, 2.75) is 13.8 Å². The first kappa shape index (κ1) is 27.7. The van der Waals surface area contributed by atoms with Gasteiger partial charge in [0.05, 0.1) is 24.6 Å². The number of anilines is 3. The van der Waals surface area contributed by atoms with Gasteiger partial charge in [-0.2, -0.15) is 0 Å². The van der Waals surface area contributed by atoms with E-state index < -0.39 is 11.6 Å². The van der Waals surface area contributed by atoms with Crippen LogP contribution in [0.3, 0.4) is 0 Å². The molecule has 0 bridgehead atoms. The highest BCUT2D eigenvalue weighted by molar-refractivity contribution is 6.05. The van der Waals surface area contributed by atoms with Gasteiger partial charge in [-0.1, -0.05) is 0 Å². The van der Waals surface area contributed by atoms with E-state index in [9.17, 15) is 23.2 Å². The SMILES string of the molecule is CCN1C(=O)COc2c(C(=O)N3CCN(C(C)=O)CC3)cc(Nc3ncc(F)c(-c4ccc(F)cc4OC)n3)cc21. The Kier molecular flexibility index (Phi) is 7.68. The number of nitrogens with one attached hydrogen (secondary N) is 1. The van der Waals surface area contributed by atoms with Crippen LogP contribution in [-0.4, -0.2) is 83.9 Å². The smallest absolute Gasteiger partial charge is 0.265 e. The summed E-state index contributed by atoms with van der Waals surface area (Å²) in [7, 11) is 1.34. The van der Waals surface area contributed by atoms with Crippen LogP contribution in [0.1, 0.15) is 24.2 Å².